The van der Waals surface area contributed by atoms with Gasteiger partial charge < -0.3 is 4.74 Å². The lowest BCUT2D eigenvalue weighted by Gasteiger charge is -2.13. The Balaban J connectivity index is 1.74. The number of hydrogen-bond donors (Lipinski definition) is 0. The first-order chi connectivity index (χ1) is 17.7. The maximum absolute atomic E-state index is 13.9. The van der Waals surface area contributed by atoms with E-state index in [9.17, 15) is 13.2 Å². The Morgan fingerprint density at radius 2 is 1.38 bits per heavy atom. The molecule has 5 aromatic rings. The number of ether oxygens (including phenoxy) is 1. The molecule has 0 saturated heterocycles. The topological polar surface area (TPSA) is 52.8 Å². The van der Waals surface area contributed by atoms with E-state index in [2.05, 4.69) is 46.9 Å². The molecule has 186 valence electrons. The van der Waals surface area contributed by atoms with Crippen molar-refractivity contribution in [2.75, 3.05) is 7.11 Å². The van der Waals surface area contributed by atoms with Crippen LogP contribution in [0.5, 0.6) is 5.75 Å². The second-order valence-corrected chi connectivity index (χ2v) is 9.84. The lowest BCUT2D eigenvalue weighted by atomic mass is 10.1. The molecule has 0 N–H and O–H groups in total. The molecule has 3 aromatic carbocycles. The first-order valence-corrected chi connectivity index (χ1v) is 12.5. The molecule has 2 heterocycles. The normalized spacial score (nSPS) is 11.5. The van der Waals surface area contributed by atoms with Crippen molar-refractivity contribution in [2.24, 2.45) is 0 Å². The first-order valence-electron chi connectivity index (χ1n) is 10.9. The zero-order valence-corrected chi connectivity index (χ0v) is 22.3. The molecule has 37 heavy (non-hydrogen) atoms. The second-order valence-electron chi connectivity index (χ2n) is 8.01. The smallest absolute Gasteiger partial charge is 0.433 e. The number of rotatable bonds is 5. The summed E-state index contributed by atoms with van der Waals surface area (Å²) >= 11 is 6.84. The monoisotopic (exact) mass is 628 g/mol. The number of alkyl halides is 3. The molecule has 0 spiro atoms. The van der Waals surface area contributed by atoms with Gasteiger partial charge in [-0.1, -0.05) is 68.3 Å². The minimum Gasteiger partial charge on any atom is -0.497 e. The number of hydrogen-bond acceptors (Lipinski definition) is 4. The van der Waals surface area contributed by atoms with E-state index in [4.69, 9.17) is 4.74 Å². The molecular weight excluding hydrogens is 613 g/mol. The first kappa shape index (κ1) is 25.2. The molecule has 2 aromatic heterocycles. The average Bonchev–Trinajstić information content (AvgIpc) is 3.34. The molecule has 0 aliphatic rings. The van der Waals surface area contributed by atoms with E-state index < -0.39 is 11.9 Å². The summed E-state index contributed by atoms with van der Waals surface area (Å²) in [6.45, 7) is 0. The van der Waals surface area contributed by atoms with Crippen LogP contribution in [-0.4, -0.2) is 26.9 Å². The van der Waals surface area contributed by atoms with Crippen molar-refractivity contribution in [3.05, 3.63) is 99.6 Å². The van der Waals surface area contributed by atoms with Gasteiger partial charge in [0.1, 0.15) is 5.75 Å². The Labute approximate surface area is 227 Å². The van der Waals surface area contributed by atoms with Gasteiger partial charge in [0.25, 0.3) is 5.95 Å². The highest BCUT2D eigenvalue weighted by Crippen LogP contribution is 2.34. The second kappa shape index (κ2) is 10.1. The standard InChI is InChI=1S/C27H17Br2F3N4O/c1-37-21-4-2-3-18(13-21)22-15-25(27(30,31)32)34-26(33-22)36-24(17-7-11-20(29)12-8-17)14-23(35-36)16-5-9-19(28)10-6-16/h2-15H,1H3. The van der Waals surface area contributed by atoms with E-state index in [1.54, 1.807) is 30.3 Å². The Morgan fingerprint density at radius 3 is 2.00 bits per heavy atom. The lowest BCUT2D eigenvalue weighted by molar-refractivity contribution is -0.141. The quantitative estimate of drug-likeness (QED) is 0.197. The predicted octanol–water partition coefficient (Wildman–Crippen LogP) is 8.22. The number of halogens is 5. The molecule has 0 aliphatic heterocycles. The minimum absolute atomic E-state index is 0.0960. The Kier molecular flexibility index (Phi) is 6.87. The Bertz CT molecular complexity index is 1570. The van der Waals surface area contributed by atoms with Crippen molar-refractivity contribution >= 4 is 31.9 Å². The van der Waals surface area contributed by atoms with Gasteiger partial charge in [-0.15, -0.1) is 0 Å². The fourth-order valence-electron chi connectivity index (χ4n) is 3.73. The van der Waals surface area contributed by atoms with Gasteiger partial charge in [-0.2, -0.15) is 23.0 Å². The van der Waals surface area contributed by atoms with Gasteiger partial charge in [0.05, 0.1) is 24.2 Å². The van der Waals surface area contributed by atoms with Crippen LogP contribution in [-0.2, 0) is 6.18 Å². The minimum atomic E-state index is -4.69. The lowest BCUT2D eigenvalue weighted by Crippen LogP contribution is -2.14. The largest absolute Gasteiger partial charge is 0.497 e. The fraction of sp³-hybridized carbons (Fsp3) is 0.0741. The molecule has 0 aliphatic carbocycles. The highest BCUT2D eigenvalue weighted by atomic mass is 79.9. The summed E-state index contributed by atoms with van der Waals surface area (Å²) < 4.78 is 50.2. The van der Waals surface area contributed by atoms with E-state index >= 15 is 0 Å². The summed E-state index contributed by atoms with van der Waals surface area (Å²) in [5.41, 5.74) is 2.12. The zero-order valence-electron chi connectivity index (χ0n) is 19.2. The summed E-state index contributed by atoms with van der Waals surface area (Å²) in [5.74, 6) is 0.298. The summed E-state index contributed by atoms with van der Waals surface area (Å²) in [4.78, 5) is 8.39. The van der Waals surface area contributed by atoms with E-state index in [1.165, 1.54) is 11.8 Å². The fourth-order valence-corrected chi connectivity index (χ4v) is 4.25. The van der Waals surface area contributed by atoms with E-state index in [0.29, 0.717) is 22.7 Å². The molecule has 0 atom stereocenters. The third-order valence-electron chi connectivity index (χ3n) is 5.55. The van der Waals surface area contributed by atoms with Crippen molar-refractivity contribution in [3.63, 3.8) is 0 Å². The third-order valence-corrected chi connectivity index (χ3v) is 6.61. The van der Waals surface area contributed by atoms with E-state index in [1.807, 2.05) is 48.5 Å². The molecule has 0 saturated carbocycles. The maximum atomic E-state index is 13.9. The Hall–Kier alpha value is -3.50. The van der Waals surface area contributed by atoms with Crippen LogP contribution >= 0.6 is 31.9 Å². The van der Waals surface area contributed by atoms with Crippen LogP contribution in [0.25, 0.3) is 39.7 Å². The van der Waals surface area contributed by atoms with Gasteiger partial charge in [-0.05, 0) is 48.5 Å². The highest BCUT2D eigenvalue weighted by molar-refractivity contribution is 9.10. The van der Waals surface area contributed by atoms with E-state index in [-0.39, 0.29) is 11.6 Å². The van der Waals surface area contributed by atoms with Crippen LogP contribution in [0.2, 0.25) is 0 Å². The molecule has 0 bridgehead atoms. The molecular formula is C27H17Br2F3N4O. The number of benzene rings is 3. The third kappa shape index (κ3) is 5.45. The van der Waals surface area contributed by atoms with Crippen molar-refractivity contribution in [1.82, 2.24) is 19.7 Å². The number of nitrogens with zero attached hydrogens (tertiary/aromatic N) is 4. The molecule has 5 rings (SSSR count). The molecule has 0 fully saturated rings. The SMILES string of the molecule is COc1cccc(-c2cc(C(F)(F)F)nc(-n3nc(-c4ccc(Br)cc4)cc3-c3ccc(Br)cc3)n2)c1. The zero-order chi connectivity index (χ0) is 26.2. The van der Waals surface area contributed by atoms with Gasteiger partial charge in [0, 0.05) is 25.6 Å². The van der Waals surface area contributed by atoms with Gasteiger partial charge in [-0.3, -0.25) is 0 Å². The highest BCUT2D eigenvalue weighted by Gasteiger charge is 2.34. The van der Waals surface area contributed by atoms with Crippen molar-refractivity contribution in [1.29, 1.82) is 0 Å². The molecule has 0 amide bonds. The molecule has 10 heteroatoms. The Morgan fingerprint density at radius 1 is 0.730 bits per heavy atom. The summed E-state index contributed by atoms with van der Waals surface area (Å²) in [6, 6.07) is 24.3. The summed E-state index contributed by atoms with van der Waals surface area (Å²) in [5, 5.41) is 4.64. The molecule has 5 nitrogen and oxygen atoms in total. The number of aromatic nitrogens is 4. The molecule has 0 unspecified atom stereocenters. The number of methoxy groups -OCH3 is 1. The molecule has 0 radical (unpaired) electrons. The van der Waals surface area contributed by atoms with E-state index in [0.717, 1.165) is 26.1 Å². The van der Waals surface area contributed by atoms with Crippen LogP contribution in [0.15, 0.2) is 93.9 Å². The van der Waals surface area contributed by atoms with Crippen molar-refractivity contribution in [2.45, 2.75) is 6.18 Å². The summed E-state index contributed by atoms with van der Waals surface area (Å²) in [7, 11) is 1.49. The van der Waals surface area contributed by atoms with Gasteiger partial charge in [0.2, 0.25) is 0 Å². The van der Waals surface area contributed by atoms with Gasteiger partial charge in [0.15, 0.2) is 5.69 Å². The van der Waals surface area contributed by atoms with Gasteiger partial charge in [-0.25, -0.2) is 9.97 Å². The van der Waals surface area contributed by atoms with Crippen molar-refractivity contribution in [3.8, 4) is 45.5 Å². The predicted molar refractivity (Wildman–Crippen MR) is 142 cm³/mol. The van der Waals surface area contributed by atoms with Crippen LogP contribution in [0.3, 0.4) is 0 Å². The van der Waals surface area contributed by atoms with Gasteiger partial charge >= 0.3 is 6.18 Å². The van der Waals surface area contributed by atoms with Crippen LogP contribution < -0.4 is 4.74 Å². The van der Waals surface area contributed by atoms with Crippen LogP contribution in [0.1, 0.15) is 5.69 Å². The van der Waals surface area contributed by atoms with Crippen molar-refractivity contribution < 1.29 is 17.9 Å². The van der Waals surface area contributed by atoms with Crippen LogP contribution in [0.4, 0.5) is 13.2 Å². The maximum Gasteiger partial charge on any atom is 0.433 e. The summed E-state index contributed by atoms with van der Waals surface area (Å²) in [6.07, 6.45) is -4.69. The van der Waals surface area contributed by atoms with Crippen LogP contribution in [0, 0.1) is 0 Å². The average molecular weight is 630 g/mol.